The van der Waals surface area contributed by atoms with Crippen molar-refractivity contribution in [3.8, 4) is 0 Å². The van der Waals surface area contributed by atoms with Crippen LogP contribution in [-0.2, 0) is 10.0 Å². The maximum absolute atomic E-state index is 13.2. The lowest BCUT2D eigenvalue weighted by molar-refractivity contribution is 0.103. The quantitative estimate of drug-likeness (QED) is 0.238. The molecule has 1 N–H and O–H groups in total. The van der Waals surface area contributed by atoms with Crippen LogP contribution in [0.5, 0.6) is 0 Å². The van der Waals surface area contributed by atoms with Gasteiger partial charge in [0.15, 0.2) is 0 Å². The average molecular weight is 641 g/mol. The number of hydrogen-bond donors (Lipinski definition) is 1. The van der Waals surface area contributed by atoms with Gasteiger partial charge in [-0.05, 0) is 108 Å². The molecule has 9 heteroatoms. The van der Waals surface area contributed by atoms with E-state index < -0.39 is 10.0 Å². The third-order valence-electron chi connectivity index (χ3n) is 4.80. The zero-order chi connectivity index (χ0) is 22.9. The first-order valence-corrected chi connectivity index (χ1v) is 13.8. The van der Waals surface area contributed by atoms with Crippen LogP contribution in [0, 0.1) is 3.57 Å². The molecule has 0 aliphatic carbocycles. The number of hydrogen-bond acceptors (Lipinski definition) is 4. The molecule has 3 aromatic carbocycles. The SMILES string of the molecule is CCN(c1ccc2sc(C(=O)Nc3ccc(I)cc3)cc2c1)S(=O)(=O)c1ccc(Br)cc1. The van der Waals surface area contributed by atoms with Crippen LogP contribution in [0.2, 0.25) is 0 Å². The van der Waals surface area contributed by atoms with E-state index in [-0.39, 0.29) is 17.3 Å². The molecule has 0 atom stereocenters. The largest absolute Gasteiger partial charge is 0.321 e. The standard InChI is InChI=1S/C23H18BrIN2O3S2/c1-2-27(32(29,30)20-10-3-16(24)4-11-20)19-9-12-21-15(13-19)14-22(31-21)23(28)26-18-7-5-17(25)6-8-18/h3-14H,2H2,1H3,(H,26,28). The smallest absolute Gasteiger partial charge is 0.265 e. The summed E-state index contributed by atoms with van der Waals surface area (Å²) in [6, 6.07) is 21.4. The normalized spacial score (nSPS) is 11.5. The third kappa shape index (κ3) is 4.85. The third-order valence-corrected chi connectivity index (χ3v) is 9.08. The maximum atomic E-state index is 13.2. The number of halogens is 2. The lowest BCUT2D eigenvalue weighted by Crippen LogP contribution is -2.30. The molecule has 0 saturated heterocycles. The summed E-state index contributed by atoms with van der Waals surface area (Å²) in [4.78, 5) is 13.5. The molecule has 0 saturated carbocycles. The Morgan fingerprint density at radius 3 is 2.38 bits per heavy atom. The molecule has 0 aliphatic heterocycles. The van der Waals surface area contributed by atoms with E-state index in [0.29, 0.717) is 10.6 Å². The van der Waals surface area contributed by atoms with Crippen LogP contribution < -0.4 is 9.62 Å². The molecule has 0 aliphatic rings. The van der Waals surface area contributed by atoms with Gasteiger partial charge in [-0.15, -0.1) is 11.3 Å². The molecule has 1 aromatic heterocycles. The molecule has 164 valence electrons. The van der Waals surface area contributed by atoms with Gasteiger partial charge in [0.1, 0.15) is 0 Å². The number of rotatable bonds is 6. The fourth-order valence-electron chi connectivity index (χ4n) is 3.25. The van der Waals surface area contributed by atoms with Crippen molar-refractivity contribution in [3.05, 3.63) is 85.7 Å². The van der Waals surface area contributed by atoms with Crippen molar-refractivity contribution in [1.29, 1.82) is 0 Å². The molecule has 0 spiro atoms. The number of sulfonamides is 1. The van der Waals surface area contributed by atoms with Gasteiger partial charge in [-0.3, -0.25) is 9.10 Å². The van der Waals surface area contributed by atoms with Crippen LogP contribution in [0.15, 0.2) is 82.2 Å². The van der Waals surface area contributed by atoms with Crippen LogP contribution in [0.1, 0.15) is 16.6 Å². The first-order chi connectivity index (χ1) is 15.3. The van der Waals surface area contributed by atoms with E-state index in [2.05, 4.69) is 43.8 Å². The summed E-state index contributed by atoms with van der Waals surface area (Å²) in [5, 5.41) is 3.73. The van der Waals surface area contributed by atoms with Crippen molar-refractivity contribution in [3.63, 3.8) is 0 Å². The van der Waals surface area contributed by atoms with Crippen molar-refractivity contribution in [2.45, 2.75) is 11.8 Å². The number of thiophene rings is 1. The number of fused-ring (bicyclic) bond motifs is 1. The highest BCUT2D eigenvalue weighted by molar-refractivity contribution is 14.1. The summed E-state index contributed by atoms with van der Waals surface area (Å²) in [6.45, 7) is 2.09. The van der Waals surface area contributed by atoms with Crippen LogP contribution in [0.4, 0.5) is 11.4 Å². The van der Waals surface area contributed by atoms with Gasteiger partial charge in [-0.2, -0.15) is 0 Å². The Bertz CT molecular complexity index is 1390. The minimum atomic E-state index is -3.71. The van der Waals surface area contributed by atoms with Crippen molar-refractivity contribution in [2.75, 3.05) is 16.2 Å². The van der Waals surface area contributed by atoms with E-state index in [1.807, 2.05) is 36.4 Å². The molecule has 1 heterocycles. The molecule has 0 fully saturated rings. The topological polar surface area (TPSA) is 66.5 Å². The minimum Gasteiger partial charge on any atom is -0.321 e. The van der Waals surface area contributed by atoms with E-state index in [0.717, 1.165) is 23.8 Å². The van der Waals surface area contributed by atoms with Gasteiger partial charge in [-0.1, -0.05) is 15.9 Å². The van der Waals surface area contributed by atoms with E-state index in [1.54, 1.807) is 43.3 Å². The highest BCUT2D eigenvalue weighted by Crippen LogP contribution is 2.32. The molecule has 32 heavy (non-hydrogen) atoms. The van der Waals surface area contributed by atoms with E-state index in [4.69, 9.17) is 0 Å². The Kier molecular flexibility index (Phi) is 6.89. The van der Waals surface area contributed by atoms with Gasteiger partial charge in [-0.25, -0.2) is 8.42 Å². The highest BCUT2D eigenvalue weighted by Gasteiger charge is 2.24. The summed E-state index contributed by atoms with van der Waals surface area (Å²) in [5.41, 5.74) is 1.29. The maximum Gasteiger partial charge on any atom is 0.265 e. The van der Waals surface area contributed by atoms with Crippen LogP contribution in [-0.4, -0.2) is 20.9 Å². The molecule has 0 radical (unpaired) electrons. The lowest BCUT2D eigenvalue weighted by Gasteiger charge is -2.23. The molecule has 4 aromatic rings. The summed E-state index contributed by atoms with van der Waals surface area (Å²) < 4.78 is 30.6. The summed E-state index contributed by atoms with van der Waals surface area (Å²) in [6.07, 6.45) is 0. The number of nitrogens with one attached hydrogen (secondary N) is 1. The van der Waals surface area contributed by atoms with Gasteiger partial charge in [0.2, 0.25) is 0 Å². The Morgan fingerprint density at radius 2 is 1.72 bits per heavy atom. The Morgan fingerprint density at radius 1 is 1.03 bits per heavy atom. The summed E-state index contributed by atoms with van der Waals surface area (Å²) in [5.74, 6) is -0.191. The van der Waals surface area contributed by atoms with Crippen molar-refractivity contribution >= 4 is 87.2 Å². The van der Waals surface area contributed by atoms with Crippen LogP contribution >= 0.6 is 49.9 Å². The molecule has 5 nitrogen and oxygen atoms in total. The molecule has 1 amide bonds. The minimum absolute atomic E-state index is 0.191. The first-order valence-electron chi connectivity index (χ1n) is 9.67. The molecule has 0 bridgehead atoms. The van der Waals surface area contributed by atoms with Crippen molar-refractivity contribution in [2.24, 2.45) is 0 Å². The predicted molar refractivity (Wildman–Crippen MR) is 143 cm³/mol. The molecular formula is C23H18BrIN2O3S2. The highest BCUT2D eigenvalue weighted by atomic mass is 127. The van der Waals surface area contributed by atoms with Gasteiger partial charge in [0.05, 0.1) is 15.5 Å². The second-order valence-corrected chi connectivity index (χ2v) is 12.0. The monoisotopic (exact) mass is 640 g/mol. The number of anilines is 2. The van der Waals surface area contributed by atoms with E-state index in [1.165, 1.54) is 15.6 Å². The number of nitrogens with zero attached hydrogens (tertiary/aromatic N) is 1. The van der Waals surface area contributed by atoms with Gasteiger partial charge in [0.25, 0.3) is 15.9 Å². The van der Waals surface area contributed by atoms with Gasteiger partial charge in [0, 0.05) is 25.0 Å². The van der Waals surface area contributed by atoms with Gasteiger partial charge >= 0.3 is 0 Å². The Hall–Kier alpha value is -1.95. The zero-order valence-electron chi connectivity index (χ0n) is 16.9. The molecule has 4 rings (SSSR count). The van der Waals surface area contributed by atoms with Crippen molar-refractivity contribution in [1.82, 2.24) is 0 Å². The summed E-state index contributed by atoms with van der Waals surface area (Å²) in [7, 11) is -3.71. The van der Waals surface area contributed by atoms with Crippen LogP contribution in [0.3, 0.4) is 0 Å². The Balaban J connectivity index is 1.63. The second kappa shape index (κ2) is 9.50. The lowest BCUT2D eigenvalue weighted by atomic mass is 10.2. The fourth-order valence-corrected chi connectivity index (χ4v) is 6.28. The number of carbonyl (C=O) groups is 1. The fraction of sp³-hybridized carbons (Fsp3) is 0.0870. The predicted octanol–water partition coefficient (Wildman–Crippen LogP) is 6.74. The molecular weight excluding hydrogens is 623 g/mol. The molecule has 0 unspecified atom stereocenters. The first kappa shape index (κ1) is 23.2. The van der Waals surface area contributed by atoms with Gasteiger partial charge < -0.3 is 5.32 Å². The second-order valence-electron chi connectivity index (χ2n) is 6.92. The number of benzene rings is 3. The van der Waals surface area contributed by atoms with Crippen molar-refractivity contribution < 1.29 is 13.2 Å². The number of amides is 1. The Labute approximate surface area is 212 Å². The number of carbonyl (C=O) groups excluding carboxylic acids is 1. The van der Waals surface area contributed by atoms with E-state index >= 15 is 0 Å². The summed E-state index contributed by atoms with van der Waals surface area (Å²) >= 11 is 6.92. The van der Waals surface area contributed by atoms with E-state index in [9.17, 15) is 13.2 Å². The zero-order valence-corrected chi connectivity index (χ0v) is 22.3. The average Bonchev–Trinajstić information content (AvgIpc) is 3.20. The van der Waals surface area contributed by atoms with Crippen LogP contribution in [0.25, 0.3) is 10.1 Å².